The predicted molar refractivity (Wildman–Crippen MR) is 29.2 cm³/mol. The van der Waals surface area contributed by atoms with Crippen LogP contribution in [0.15, 0.2) is 6.58 Å². The van der Waals surface area contributed by atoms with Gasteiger partial charge in [0.05, 0.1) is 0 Å². The molecule has 0 unspecified atom stereocenters. The second-order valence-electron chi connectivity index (χ2n) is 1.61. The first-order chi connectivity index (χ1) is 5.04. The Hall–Kier alpha value is -1.40. The molecule has 0 bridgehead atoms. The first-order valence-electron chi connectivity index (χ1n) is 2.53. The molecule has 0 atom stereocenters. The molecule has 4 nitrogen and oxygen atoms in total. The molecule has 0 aromatic carbocycles. The quantitative estimate of drug-likeness (QED) is 0.616. The molecule has 1 rings (SSSR count). The van der Waals surface area contributed by atoms with Gasteiger partial charge in [-0.05, 0) is 5.21 Å². The average Bonchev–Trinajstić information content (AvgIpc) is 2.32. The molecule has 0 radical (unpaired) electrons. The lowest BCUT2D eigenvalue weighted by atomic mass is 10.6. The van der Waals surface area contributed by atoms with E-state index in [-0.39, 0.29) is 0 Å². The molecule has 11 heavy (non-hydrogen) atoms. The van der Waals surface area contributed by atoms with Crippen molar-refractivity contribution in [2.75, 3.05) is 0 Å². The Bertz CT molecular complexity index is 263. The second kappa shape index (κ2) is 2.33. The summed E-state index contributed by atoms with van der Waals surface area (Å²) in [5.74, 6) is -1.27. The molecular formula is C4H3F3N4. The fourth-order valence-corrected chi connectivity index (χ4v) is 0.416. The zero-order valence-corrected chi connectivity index (χ0v) is 5.21. The topological polar surface area (TPSA) is 43.6 Å². The van der Waals surface area contributed by atoms with Gasteiger partial charge in [-0.2, -0.15) is 13.2 Å². The Balaban J connectivity index is 2.98. The third kappa shape index (κ3) is 1.54. The Morgan fingerprint density at radius 3 is 2.36 bits per heavy atom. The number of halogens is 3. The van der Waals surface area contributed by atoms with Crippen molar-refractivity contribution in [3.8, 4) is 0 Å². The van der Waals surface area contributed by atoms with Crippen LogP contribution in [0, 0.1) is 0 Å². The molecular weight excluding hydrogens is 161 g/mol. The standard InChI is InChI=1S/C4H3F3N4/c1-2-11-9-3(8-10-11)4(5,6)7/h2H,1H2. The molecule has 0 saturated heterocycles. The lowest BCUT2D eigenvalue weighted by Gasteiger charge is -1.95. The van der Waals surface area contributed by atoms with E-state index in [9.17, 15) is 13.2 Å². The van der Waals surface area contributed by atoms with Gasteiger partial charge < -0.3 is 0 Å². The van der Waals surface area contributed by atoms with Gasteiger partial charge in [0, 0.05) is 6.20 Å². The molecule has 0 aliphatic carbocycles. The van der Waals surface area contributed by atoms with Crippen LogP contribution in [0.5, 0.6) is 0 Å². The number of alkyl halides is 3. The summed E-state index contributed by atoms with van der Waals surface area (Å²) in [6, 6.07) is 0. The van der Waals surface area contributed by atoms with Gasteiger partial charge in [0.25, 0.3) is 5.82 Å². The van der Waals surface area contributed by atoms with Crippen LogP contribution in [0.2, 0.25) is 0 Å². The van der Waals surface area contributed by atoms with Crippen LogP contribution in [0.3, 0.4) is 0 Å². The summed E-state index contributed by atoms with van der Waals surface area (Å²) in [6.45, 7) is 3.16. The van der Waals surface area contributed by atoms with E-state index in [1.54, 1.807) is 0 Å². The highest BCUT2D eigenvalue weighted by molar-refractivity contribution is 5.08. The number of aromatic nitrogens is 4. The van der Waals surface area contributed by atoms with Gasteiger partial charge in [-0.1, -0.05) is 6.58 Å². The zero-order valence-electron chi connectivity index (χ0n) is 5.21. The number of hydrogen-bond acceptors (Lipinski definition) is 3. The predicted octanol–water partition coefficient (Wildman–Crippen LogP) is 0.792. The van der Waals surface area contributed by atoms with E-state index in [1.165, 1.54) is 0 Å². The van der Waals surface area contributed by atoms with Gasteiger partial charge in [-0.3, -0.25) is 0 Å². The smallest absolute Gasteiger partial charge is 0.163 e. The van der Waals surface area contributed by atoms with Crippen LogP contribution in [0.4, 0.5) is 13.2 Å². The maximum atomic E-state index is 11.7. The van der Waals surface area contributed by atoms with Gasteiger partial charge >= 0.3 is 6.18 Å². The van der Waals surface area contributed by atoms with E-state index in [4.69, 9.17) is 0 Å². The van der Waals surface area contributed by atoms with Crippen LogP contribution < -0.4 is 0 Å². The summed E-state index contributed by atoms with van der Waals surface area (Å²) < 4.78 is 35.2. The van der Waals surface area contributed by atoms with Crippen molar-refractivity contribution < 1.29 is 13.2 Å². The summed E-state index contributed by atoms with van der Waals surface area (Å²) in [4.78, 5) is 0.642. The van der Waals surface area contributed by atoms with E-state index in [0.717, 1.165) is 6.20 Å². The van der Waals surface area contributed by atoms with Crippen molar-refractivity contribution in [2.24, 2.45) is 0 Å². The van der Waals surface area contributed by atoms with E-state index >= 15 is 0 Å². The van der Waals surface area contributed by atoms with Crippen molar-refractivity contribution >= 4 is 6.20 Å². The maximum Gasteiger partial charge on any atom is 0.455 e. The van der Waals surface area contributed by atoms with Crippen LogP contribution >= 0.6 is 0 Å². The molecule has 0 aliphatic rings. The van der Waals surface area contributed by atoms with E-state index in [1.807, 2.05) is 0 Å². The highest BCUT2D eigenvalue weighted by Gasteiger charge is 2.36. The van der Waals surface area contributed by atoms with Crippen molar-refractivity contribution in [2.45, 2.75) is 6.18 Å². The minimum Gasteiger partial charge on any atom is -0.163 e. The lowest BCUT2D eigenvalue weighted by molar-refractivity contribution is -0.145. The van der Waals surface area contributed by atoms with E-state index in [2.05, 4.69) is 22.0 Å². The fourth-order valence-electron chi connectivity index (χ4n) is 0.416. The molecule has 1 aromatic heterocycles. The molecule has 0 fully saturated rings. The molecule has 7 heteroatoms. The summed E-state index contributed by atoms with van der Waals surface area (Å²) >= 11 is 0. The highest BCUT2D eigenvalue weighted by Crippen LogP contribution is 2.24. The van der Waals surface area contributed by atoms with Gasteiger partial charge in [0.1, 0.15) is 0 Å². The molecule has 0 aliphatic heterocycles. The van der Waals surface area contributed by atoms with E-state index in [0.29, 0.717) is 4.80 Å². The number of tetrazole rings is 1. The minimum atomic E-state index is -4.54. The normalized spacial score (nSPS) is 11.5. The third-order valence-corrected chi connectivity index (χ3v) is 0.845. The van der Waals surface area contributed by atoms with Crippen LogP contribution in [-0.4, -0.2) is 20.2 Å². The Labute approximate surface area is 59.3 Å². The average molecular weight is 164 g/mol. The van der Waals surface area contributed by atoms with Gasteiger partial charge in [-0.25, -0.2) is 0 Å². The summed E-state index contributed by atoms with van der Waals surface area (Å²) in [6.07, 6.45) is -3.52. The minimum absolute atomic E-state index is 0.642. The molecule has 0 saturated carbocycles. The Morgan fingerprint density at radius 2 is 2.09 bits per heavy atom. The summed E-state index contributed by atoms with van der Waals surface area (Å²) in [5, 5.41) is 8.73. The molecule has 0 amide bonds. The fraction of sp³-hybridized carbons (Fsp3) is 0.250. The van der Waals surface area contributed by atoms with Crippen molar-refractivity contribution in [3.63, 3.8) is 0 Å². The molecule has 60 valence electrons. The van der Waals surface area contributed by atoms with Crippen molar-refractivity contribution in [3.05, 3.63) is 12.4 Å². The maximum absolute atomic E-state index is 11.7. The largest absolute Gasteiger partial charge is 0.455 e. The number of hydrogen-bond donors (Lipinski definition) is 0. The van der Waals surface area contributed by atoms with Crippen LogP contribution in [-0.2, 0) is 6.18 Å². The molecule has 0 spiro atoms. The van der Waals surface area contributed by atoms with Crippen molar-refractivity contribution in [1.82, 2.24) is 20.2 Å². The van der Waals surface area contributed by atoms with E-state index < -0.39 is 12.0 Å². The second-order valence-corrected chi connectivity index (χ2v) is 1.61. The third-order valence-electron chi connectivity index (χ3n) is 0.845. The Kier molecular flexibility index (Phi) is 1.63. The summed E-state index contributed by atoms with van der Waals surface area (Å²) in [5.41, 5.74) is 0. The van der Waals surface area contributed by atoms with Crippen LogP contribution in [0.1, 0.15) is 5.82 Å². The zero-order chi connectivity index (χ0) is 8.48. The van der Waals surface area contributed by atoms with Crippen LogP contribution in [0.25, 0.3) is 6.20 Å². The molecule has 0 N–H and O–H groups in total. The monoisotopic (exact) mass is 164 g/mol. The van der Waals surface area contributed by atoms with Gasteiger partial charge in [0.15, 0.2) is 0 Å². The SMILES string of the molecule is C=Cn1nnc(C(F)(F)F)n1. The first kappa shape index (κ1) is 7.70. The first-order valence-corrected chi connectivity index (χ1v) is 2.53. The number of rotatable bonds is 1. The van der Waals surface area contributed by atoms with Gasteiger partial charge in [0.2, 0.25) is 0 Å². The number of nitrogens with zero attached hydrogens (tertiary/aromatic N) is 4. The lowest BCUT2D eigenvalue weighted by Crippen LogP contribution is -2.07. The molecule has 1 aromatic rings. The summed E-state index contributed by atoms with van der Waals surface area (Å²) in [7, 11) is 0. The highest BCUT2D eigenvalue weighted by atomic mass is 19.4. The molecule has 1 heterocycles. The van der Waals surface area contributed by atoms with Gasteiger partial charge in [-0.15, -0.1) is 15.0 Å². The Morgan fingerprint density at radius 1 is 1.45 bits per heavy atom. The van der Waals surface area contributed by atoms with Crippen molar-refractivity contribution in [1.29, 1.82) is 0 Å².